The molecule has 0 aliphatic rings. The van der Waals surface area contributed by atoms with Gasteiger partial charge >= 0.3 is 0 Å². The number of aryl methyl sites for hydroxylation is 1. The average Bonchev–Trinajstić information content (AvgIpc) is 2.49. The molecular weight excluding hydrogens is 269 g/mol. The van der Waals surface area contributed by atoms with Gasteiger partial charge in [0, 0.05) is 31.2 Å². The maximum absolute atomic E-state index is 14.2. The number of aromatic nitrogens is 1. The Labute approximate surface area is 123 Å². The molecular formula is C16H18FN3O. The lowest BCUT2D eigenvalue weighted by Gasteiger charge is -2.22. The Morgan fingerprint density at radius 3 is 2.62 bits per heavy atom. The minimum Gasteiger partial charge on any atom is -0.399 e. The Kier molecular flexibility index (Phi) is 4.52. The number of hydrogen-bond donors (Lipinski definition) is 1. The molecule has 0 aliphatic heterocycles. The van der Waals surface area contributed by atoms with Gasteiger partial charge < -0.3 is 10.6 Å². The summed E-state index contributed by atoms with van der Waals surface area (Å²) in [7, 11) is 0. The predicted molar refractivity (Wildman–Crippen MR) is 80.2 cm³/mol. The molecule has 0 saturated heterocycles. The second-order valence-corrected chi connectivity index (χ2v) is 4.87. The summed E-state index contributed by atoms with van der Waals surface area (Å²) in [4.78, 5) is 18.0. The van der Waals surface area contributed by atoms with Gasteiger partial charge in [-0.2, -0.15) is 0 Å². The molecule has 0 bridgehead atoms. The summed E-state index contributed by atoms with van der Waals surface area (Å²) < 4.78 is 14.2. The summed E-state index contributed by atoms with van der Waals surface area (Å²) in [5, 5.41) is 0. The number of nitrogens with zero attached hydrogens (tertiary/aromatic N) is 2. The fourth-order valence-corrected chi connectivity index (χ4v) is 2.16. The first-order valence-corrected chi connectivity index (χ1v) is 6.76. The van der Waals surface area contributed by atoms with Crippen LogP contribution in [-0.2, 0) is 6.54 Å². The van der Waals surface area contributed by atoms with Crippen molar-refractivity contribution in [3.05, 3.63) is 59.2 Å². The van der Waals surface area contributed by atoms with E-state index in [4.69, 9.17) is 5.73 Å². The van der Waals surface area contributed by atoms with Crippen molar-refractivity contribution in [3.8, 4) is 0 Å². The Hall–Kier alpha value is -2.43. The molecule has 0 spiro atoms. The normalized spacial score (nSPS) is 10.4. The first-order valence-electron chi connectivity index (χ1n) is 6.76. The van der Waals surface area contributed by atoms with Gasteiger partial charge in [0.15, 0.2) is 0 Å². The molecule has 5 heteroatoms. The highest BCUT2D eigenvalue weighted by molar-refractivity contribution is 5.95. The Bertz CT molecular complexity index is 643. The molecule has 0 unspecified atom stereocenters. The van der Waals surface area contributed by atoms with E-state index < -0.39 is 5.82 Å². The first kappa shape index (κ1) is 15.0. The number of halogens is 1. The van der Waals surface area contributed by atoms with E-state index in [0.717, 1.165) is 5.56 Å². The zero-order chi connectivity index (χ0) is 15.4. The largest absolute Gasteiger partial charge is 0.399 e. The van der Waals surface area contributed by atoms with Crippen LogP contribution in [0.1, 0.15) is 28.4 Å². The van der Waals surface area contributed by atoms with Gasteiger partial charge in [0.2, 0.25) is 0 Å². The highest BCUT2D eigenvalue weighted by Crippen LogP contribution is 2.19. The number of carbonyl (C=O) groups is 1. The lowest BCUT2D eigenvalue weighted by atomic mass is 10.1. The molecule has 0 aliphatic carbocycles. The zero-order valence-electron chi connectivity index (χ0n) is 12.1. The average molecular weight is 287 g/mol. The summed E-state index contributed by atoms with van der Waals surface area (Å²) in [6, 6.07) is 6.57. The molecule has 0 saturated carbocycles. The number of rotatable bonds is 4. The quantitative estimate of drug-likeness (QED) is 0.880. The molecule has 1 heterocycles. The molecule has 1 amide bonds. The van der Waals surface area contributed by atoms with E-state index >= 15 is 0 Å². The van der Waals surface area contributed by atoms with Crippen molar-refractivity contribution >= 4 is 11.6 Å². The fraction of sp³-hybridized carbons (Fsp3) is 0.250. The van der Waals surface area contributed by atoms with E-state index in [-0.39, 0.29) is 11.5 Å². The number of pyridine rings is 1. The van der Waals surface area contributed by atoms with Crippen molar-refractivity contribution in [1.29, 1.82) is 0 Å². The Morgan fingerprint density at radius 2 is 2.00 bits per heavy atom. The standard InChI is InChI=1S/C16H18FN3O/c1-3-20(10-12-4-6-19-7-5-12)16(21)14-9-13(18)8-11(2)15(14)17/h4-9H,3,10,18H2,1-2H3. The molecule has 2 N–H and O–H groups in total. The SMILES string of the molecule is CCN(Cc1ccncc1)C(=O)c1cc(N)cc(C)c1F. The van der Waals surface area contributed by atoms with Crippen LogP contribution >= 0.6 is 0 Å². The number of nitrogen functional groups attached to an aromatic ring is 1. The number of benzene rings is 1. The highest BCUT2D eigenvalue weighted by atomic mass is 19.1. The van der Waals surface area contributed by atoms with Crippen LogP contribution in [0.2, 0.25) is 0 Å². The second kappa shape index (κ2) is 6.35. The summed E-state index contributed by atoms with van der Waals surface area (Å²) >= 11 is 0. The molecule has 1 aromatic carbocycles. The van der Waals surface area contributed by atoms with Crippen LogP contribution in [-0.4, -0.2) is 22.3 Å². The number of anilines is 1. The van der Waals surface area contributed by atoms with Gasteiger partial charge in [0.25, 0.3) is 5.91 Å². The molecule has 2 rings (SSSR count). The molecule has 110 valence electrons. The molecule has 0 atom stereocenters. The van der Waals surface area contributed by atoms with Crippen LogP contribution in [0, 0.1) is 12.7 Å². The van der Waals surface area contributed by atoms with Gasteiger partial charge in [-0.25, -0.2) is 4.39 Å². The van der Waals surface area contributed by atoms with Gasteiger partial charge in [-0.3, -0.25) is 9.78 Å². The number of amides is 1. The van der Waals surface area contributed by atoms with Crippen LogP contribution < -0.4 is 5.73 Å². The third-order valence-corrected chi connectivity index (χ3v) is 3.30. The predicted octanol–water partition coefficient (Wildman–Crippen LogP) is 2.77. The lowest BCUT2D eigenvalue weighted by Crippen LogP contribution is -2.31. The Morgan fingerprint density at radius 1 is 1.33 bits per heavy atom. The minimum atomic E-state index is -0.512. The van der Waals surface area contributed by atoms with Crippen molar-refractivity contribution in [2.75, 3.05) is 12.3 Å². The molecule has 1 aromatic heterocycles. The van der Waals surface area contributed by atoms with E-state index in [2.05, 4.69) is 4.98 Å². The molecule has 21 heavy (non-hydrogen) atoms. The van der Waals surface area contributed by atoms with E-state index in [1.54, 1.807) is 24.2 Å². The third-order valence-electron chi connectivity index (χ3n) is 3.30. The van der Waals surface area contributed by atoms with E-state index in [0.29, 0.717) is 24.3 Å². The maximum atomic E-state index is 14.2. The third kappa shape index (κ3) is 3.37. The van der Waals surface area contributed by atoms with Gasteiger partial charge in [-0.1, -0.05) is 0 Å². The highest BCUT2D eigenvalue weighted by Gasteiger charge is 2.20. The molecule has 4 nitrogen and oxygen atoms in total. The van der Waals surface area contributed by atoms with Crippen molar-refractivity contribution in [1.82, 2.24) is 9.88 Å². The van der Waals surface area contributed by atoms with Crippen molar-refractivity contribution in [2.45, 2.75) is 20.4 Å². The second-order valence-electron chi connectivity index (χ2n) is 4.87. The number of carbonyl (C=O) groups excluding carboxylic acids is 1. The van der Waals surface area contributed by atoms with Gasteiger partial charge in [-0.05, 0) is 49.2 Å². The lowest BCUT2D eigenvalue weighted by molar-refractivity contribution is 0.0747. The summed E-state index contributed by atoms with van der Waals surface area (Å²) in [5.41, 5.74) is 7.44. The maximum Gasteiger partial charge on any atom is 0.257 e. The van der Waals surface area contributed by atoms with Crippen LogP contribution in [0.15, 0.2) is 36.7 Å². The van der Waals surface area contributed by atoms with Gasteiger partial charge in [0.1, 0.15) is 5.82 Å². The van der Waals surface area contributed by atoms with Crippen LogP contribution in [0.25, 0.3) is 0 Å². The van der Waals surface area contributed by atoms with Gasteiger partial charge in [0.05, 0.1) is 5.56 Å². The summed E-state index contributed by atoms with van der Waals surface area (Å²) in [5.74, 6) is -0.871. The minimum absolute atomic E-state index is 0.0170. The van der Waals surface area contributed by atoms with Crippen LogP contribution in [0.5, 0.6) is 0 Å². The smallest absolute Gasteiger partial charge is 0.257 e. The topological polar surface area (TPSA) is 59.2 Å². The molecule has 0 fully saturated rings. The van der Waals surface area contributed by atoms with E-state index in [1.807, 2.05) is 19.1 Å². The van der Waals surface area contributed by atoms with E-state index in [1.165, 1.54) is 12.1 Å². The van der Waals surface area contributed by atoms with Crippen molar-refractivity contribution in [3.63, 3.8) is 0 Å². The van der Waals surface area contributed by atoms with Crippen molar-refractivity contribution in [2.24, 2.45) is 0 Å². The fourth-order valence-electron chi connectivity index (χ4n) is 2.16. The van der Waals surface area contributed by atoms with Gasteiger partial charge in [-0.15, -0.1) is 0 Å². The number of nitrogens with two attached hydrogens (primary N) is 1. The van der Waals surface area contributed by atoms with Crippen molar-refractivity contribution < 1.29 is 9.18 Å². The molecule has 0 radical (unpaired) electrons. The number of hydrogen-bond acceptors (Lipinski definition) is 3. The summed E-state index contributed by atoms with van der Waals surface area (Å²) in [6.07, 6.45) is 3.33. The Balaban J connectivity index is 2.29. The monoisotopic (exact) mass is 287 g/mol. The molecule has 2 aromatic rings. The first-order chi connectivity index (χ1) is 10.0. The van der Waals surface area contributed by atoms with E-state index in [9.17, 15) is 9.18 Å². The van der Waals surface area contributed by atoms with Crippen LogP contribution in [0.3, 0.4) is 0 Å². The zero-order valence-corrected chi connectivity index (χ0v) is 12.1. The van der Waals surface area contributed by atoms with Crippen LogP contribution in [0.4, 0.5) is 10.1 Å². The summed E-state index contributed by atoms with van der Waals surface area (Å²) in [6.45, 7) is 4.34.